The summed E-state index contributed by atoms with van der Waals surface area (Å²) in [6.07, 6.45) is 1.75. The van der Waals surface area contributed by atoms with Crippen molar-refractivity contribution in [1.82, 2.24) is 4.90 Å². The molecule has 1 aromatic carbocycles. The Balaban J connectivity index is 2.14. The third kappa shape index (κ3) is 2.98. The van der Waals surface area contributed by atoms with E-state index < -0.39 is 0 Å². The molecule has 0 bridgehead atoms. The highest BCUT2D eigenvalue weighted by atomic mass is 16.5. The molecule has 2 rings (SSSR count). The van der Waals surface area contributed by atoms with Crippen LogP contribution < -0.4 is 10.5 Å². The number of nitrogens with zero attached hydrogens (tertiary/aromatic N) is 1. The second kappa shape index (κ2) is 5.93. The molecule has 19 heavy (non-hydrogen) atoms. The number of carbonyl (C=O) groups excluding carboxylic acids is 1. The molecule has 1 amide bonds. The molecular weight excluding hydrogens is 244 g/mol. The van der Waals surface area contributed by atoms with Gasteiger partial charge in [0.1, 0.15) is 5.75 Å². The molecule has 5 nitrogen and oxygen atoms in total. The Labute approximate surface area is 113 Å². The zero-order valence-corrected chi connectivity index (χ0v) is 11.4. The molecule has 1 aliphatic rings. The quantitative estimate of drug-likeness (QED) is 0.841. The third-order valence-electron chi connectivity index (χ3n) is 3.55. The van der Waals surface area contributed by atoms with Crippen LogP contribution in [-0.2, 0) is 4.74 Å². The van der Waals surface area contributed by atoms with E-state index in [4.69, 9.17) is 15.2 Å². The van der Waals surface area contributed by atoms with E-state index in [9.17, 15) is 4.79 Å². The summed E-state index contributed by atoms with van der Waals surface area (Å²) in [6.45, 7) is 1.42. The number of anilines is 1. The number of amides is 1. The van der Waals surface area contributed by atoms with Gasteiger partial charge in [-0.2, -0.15) is 0 Å². The highest BCUT2D eigenvalue weighted by Crippen LogP contribution is 2.23. The molecule has 1 heterocycles. The van der Waals surface area contributed by atoms with Crippen LogP contribution in [0.2, 0.25) is 0 Å². The Morgan fingerprint density at radius 1 is 1.42 bits per heavy atom. The fourth-order valence-corrected chi connectivity index (χ4v) is 2.29. The van der Waals surface area contributed by atoms with E-state index in [1.807, 2.05) is 7.05 Å². The minimum atomic E-state index is -0.0490. The Kier molecular flexibility index (Phi) is 4.27. The molecule has 1 aromatic rings. The van der Waals surface area contributed by atoms with Crippen LogP contribution in [0, 0.1) is 0 Å². The van der Waals surface area contributed by atoms with Crippen LogP contribution in [0.25, 0.3) is 0 Å². The van der Waals surface area contributed by atoms with Crippen molar-refractivity contribution in [3.8, 4) is 5.75 Å². The summed E-state index contributed by atoms with van der Waals surface area (Å²) in [4.78, 5) is 14.2. The smallest absolute Gasteiger partial charge is 0.255 e. The van der Waals surface area contributed by atoms with E-state index >= 15 is 0 Å². The lowest BCUT2D eigenvalue weighted by molar-refractivity contribution is 0.0362. The van der Waals surface area contributed by atoms with Crippen LogP contribution in [0.4, 0.5) is 5.69 Å². The Hall–Kier alpha value is -1.75. The van der Waals surface area contributed by atoms with Gasteiger partial charge < -0.3 is 20.1 Å². The van der Waals surface area contributed by atoms with E-state index in [-0.39, 0.29) is 11.9 Å². The fourth-order valence-electron chi connectivity index (χ4n) is 2.29. The number of hydrogen-bond donors (Lipinski definition) is 1. The van der Waals surface area contributed by atoms with Gasteiger partial charge in [0.25, 0.3) is 5.91 Å². The molecule has 0 radical (unpaired) electrons. The van der Waals surface area contributed by atoms with Gasteiger partial charge in [-0.05, 0) is 25.0 Å². The summed E-state index contributed by atoms with van der Waals surface area (Å²) in [7, 11) is 3.40. The molecule has 1 aliphatic heterocycles. The fraction of sp³-hybridized carbons (Fsp3) is 0.500. The first-order chi connectivity index (χ1) is 9.13. The van der Waals surface area contributed by atoms with Crippen molar-refractivity contribution in [3.05, 3.63) is 23.8 Å². The third-order valence-corrected chi connectivity index (χ3v) is 3.55. The maximum Gasteiger partial charge on any atom is 0.255 e. The monoisotopic (exact) mass is 264 g/mol. The standard InChI is InChI=1S/C14H20N2O3/c1-16(10-5-7-19-8-6-10)14(17)12-4-3-11(18-2)9-13(12)15/h3-4,9-10H,5-8,15H2,1-2H3. The lowest BCUT2D eigenvalue weighted by atomic mass is 10.1. The minimum Gasteiger partial charge on any atom is -0.497 e. The van der Waals surface area contributed by atoms with E-state index in [0.29, 0.717) is 30.2 Å². The zero-order chi connectivity index (χ0) is 13.8. The highest BCUT2D eigenvalue weighted by molar-refractivity contribution is 5.99. The number of hydrogen-bond acceptors (Lipinski definition) is 4. The van der Waals surface area contributed by atoms with Crippen LogP contribution in [0.15, 0.2) is 18.2 Å². The molecule has 0 aliphatic carbocycles. The molecule has 1 fully saturated rings. The Morgan fingerprint density at radius 2 is 2.11 bits per heavy atom. The van der Waals surface area contributed by atoms with Gasteiger partial charge >= 0.3 is 0 Å². The van der Waals surface area contributed by atoms with Gasteiger partial charge in [-0.3, -0.25) is 4.79 Å². The second-order valence-corrected chi connectivity index (χ2v) is 4.71. The van der Waals surface area contributed by atoms with Gasteiger partial charge in [0.05, 0.1) is 12.7 Å². The van der Waals surface area contributed by atoms with Crippen LogP contribution in [0.5, 0.6) is 5.75 Å². The summed E-state index contributed by atoms with van der Waals surface area (Å²) in [6, 6.07) is 5.36. The number of nitrogens with two attached hydrogens (primary N) is 1. The van der Waals surface area contributed by atoms with Crippen molar-refractivity contribution in [2.24, 2.45) is 0 Å². The average Bonchev–Trinajstić information content (AvgIpc) is 2.46. The zero-order valence-electron chi connectivity index (χ0n) is 11.4. The molecule has 0 atom stereocenters. The maximum absolute atomic E-state index is 12.4. The molecule has 0 spiro atoms. The van der Waals surface area contributed by atoms with Crippen molar-refractivity contribution in [3.63, 3.8) is 0 Å². The lowest BCUT2D eigenvalue weighted by Gasteiger charge is -2.31. The first kappa shape index (κ1) is 13.7. The van der Waals surface area contributed by atoms with Crippen molar-refractivity contribution in [2.45, 2.75) is 18.9 Å². The Morgan fingerprint density at radius 3 is 2.68 bits per heavy atom. The van der Waals surface area contributed by atoms with Gasteiger partial charge in [0.15, 0.2) is 0 Å². The number of ether oxygens (including phenoxy) is 2. The molecule has 5 heteroatoms. The van der Waals surface area contributed by atoms with Crippen molar-refractivity contribution in [1.29, 1.82) is 0 Å². The number of benzene rings is 1. The molecule has 104 valence electrons. The summed E-state index contributed by atoms with van der Waals surface area (Å²) in [5.74, 6) is 0.606. The summed E-state index contributed by atoms with van der Waals surface area (Å²) < 4.78 is 10.4. The topological polar surface area (TPSA) is 64.8 Å². The van der Waals surface area contributed by atoms with Crippen molar-refractivity contribution in [2.75, 3.05) is 33.1 Å². The molecular formula is C14H20N2O3. The first-order valence-electron chi connectivity index (χ1n) is 6.42. The number of carbonyl (C=O) groups is 1. The SMILES string of the molecule is COc1ccc(C(=O)N(C)C2CCOCC2)c(N)c1. The maximum atomic E-state index is 12.4. The highest BCUT2D eigenvalue weighted by Gasteiger charge is 2.24. The second-order valence-electron chi connectivity index (χ2n) is 4.71. The largest absolute Gasteiger partial charge is 0.497 e. The van der Waals surface area contributed by atoms with Crippen LogP contribution in [-0.4, -0.2) is 44.2 Å². The number of nitrogen functional groups attached to an aromatic ring is 1. The van der Waals surface area contributed by atoms with Crippen molar-refractivity contribution >= 4 is 11.6 Å². The van der Waals surface area contributed by atoms with E-state index in [2.05, 4.69) is 0 Å². The molecule has 2 N–H and O–H groups in total. The van der Waals surface area contributed by atoms with Crippen molar-refractivity contribution < 1.29 is 14.3 Å². The summed E-state index contributed by atoms with van der Waals surface area (Å²) in [5.41, 5.74) is 6.88. The molecule has 1 saturated heterocycles. The Bertz CT molecular complexity index is 456. The van der Waals surface area contributed by atoms with Crippen LogP contribution >= 0.6 is 0 Å². The first-order valence-corrected chi connectivity index (χ1v) is 6.42. The lowest BCUT2D eigenvalue weighted by Crippen LogP contribution is -2.40. The van der Waals surface area contributed by atoms with Crippen LogP contribution in [0.3, 0.4) is 0 Å². The normalized spacial score (nSPS) is 16.1. The number of methoxy groups -OCH3 is 1. The van der Waals surface area contributed by atoms with Crippen LogP contribution in [0.1, 0.15) is 23.2 Å². The van der Waals surface area contributed by atoms with Gasteiger partial charge in [-0.15, -0.1) is 0 Å². The van der Waals surface area contributed by atoms with Gasteiger partial charge in [0, 0.05) is 38.1 Å². The van der Waals surface area contributed by atoms with Gasteiger partial charge in [-0.25, -0.2) is 0 Å². The van der Waals surface area contributed by atoms with E-state index in [0.717, 1.165) is 12.8 Å². The van der Waals surface area contributed by atoms with E-state index in [1.165, 1.54) is 0 Å². The van der Waals surface area contributed by atoms with Gasteiger partial charge in [0.2, 0.25) is 0 Å². The molecule has 0 aromatic heterocycles. The number of rotatable bonds is 3. The summed E-state index contributed by atoms with van der Waals surface area (Å²) in [5, 5.41) is 0. The van der Waals surface area contributed by atoms with Gasteiger partial charge in [-0.1, -0.05) is 0 Å². The minimum absolute atomic E-state index is 0.0490. The average molecular weight is 264 g/mol. The predicted octanol–water partition coefficient (Wildman–Crippen LogP) is 1.53. The van der Waals surface area contributed by atoms with E-state index in [1.54, 1.807) is 30.2 Å². The molecule has 0 unspecified atom stereocenters. The summed E-state index contributed by atoms with van der Waals surface area (Å²) >= 11 is 0. The molecule has 0 saturated carbocycles. The predicted molar refractivity (Wildman–Crippen MR) is 73.3 cm³/mol.